The first kappa shape index (κ1) is 17.0. The summed E-state index contributed by atoms with van der Waals surface area (Å²) in [5.41, 5.74) is 2.71. The maximum atomic E-state index is 12.9. The van der Waals surface area contributed by atoms with Gasteiger partial charge in [0.1, 0.15) is 0 Å². The summed E-state index contributed by atoms with van der Waals surface area (Å²) in [6.45, 7) is 4.88. The first-order valence-corrected chi connectivity index (χ1v) is 9.57. The molecular weight excluding hydrogens is 316 g/mol. The van der Waals surface area contributed by atoms with Gasteiger partial charge in [0, 0.05) is 31.7 Å². The zero-order chi connectivity index (χ0) is 17.3. The van der Waals surface area contributed by atoms with Crippen LogP contribution in [0.2, 0.25) is 0 Å². The van der Waals surface area contributed by atoms with Gasteiger partial charge in [-0.3, -0.25) is 9.69 Å². The number of amides is 1. The quantitative estimate of drug-likeness (QED) is 0.902. The van der Waals surface area contributed by atoms with Gasteiger partial charge in [0.2, 0.25) is 0 Å². The summed E-state index contributed by atoms with van der Waals surface area (Å²) >= 11 is 0. The third kappa shape index (κ3) is 3.73. The van der Waals surface area contributed by atoms with Gasteiger partial charge in [-0.2, -0.15) is 0 Å². The highest BCUT2D eigenvalue weighted by molar-refractivity contribution is 5.94. The molecule has 0 radical (unpaired) electrons. The second kappa shape index (κ2) is 7.06. The zero-order valence-electron chi connectivity index (χ0n) is 14.9. The van der Waals surface area contributed by atoms with Gasteiger partial charge in [-0.05, 0) is 55.4 Å². The molecule has 1 aromatic rings. The number of hydrogen-bond acceptors (Lipinski definition) is 4. The fourth-order valence-corrected chi connectivity index (χ4v) is 4.38. The summed E-state index contributed by atoms with van der Waals surface area (Å²) < 4.78 is 5.37. The Hall–Kier alpha value is -1.43. The number of benzene rings is 1. The van der Waals surface area contributed by atoms with Crippen LogP contribution in [-0.4, -0.2) is 72.4 Å². The number of ether oxygens (including phenoxy) is 1. The van der Waals surface area contributed by atoms with Crippen molar-refractivity contribution in [1.82, 2.24) is 9.80 Å². The molecule has 5 nitrogen and oxygen atoms in total. The number of carbonyl (C=O) groups excluding carboxylic acids is 1. The van der Waals surface area contributed by atoms with Gasteiger partial charge in [0.15, 0.2) is 0 Å². The van der Waals surface area contributed by atoms with Gasteiger partial charge in [-0.1, -0.05) is 6.07 Å². The van der Waals surface area contributed by atoms with Crippen LogP contribution in [0.4, 0.5) is 0 Å². The second-order valence-corrected chi connectivity index (χ2v) is 7.78. The molecule has 0 spiro atoms. The molecule has 1 atom stereocenters. The van der Waals surface area contributed by atoms with Crippen molar-refractivity contribution in [3.8, 4) is 0 Å². The molecule has 0 saturated carbocycles. The lowest BCUT2D eigenvalue weighted by Crippen LogP contribution is -2.49. The van der Waals surface area contributed by atoms with Crippen LogP contribution in [-0.2, 0) is 17.6 Å². The van der Waals surface area contributed by atoms with E-state index < -0.39 is 5.60 Å². The Kier molecular flexibility index (Phi) is 4.80. The van der Waals surface area contributed by atoms with Crippen molar-refractivity contribution in [2.45, 2.75) is 37.7 Å². The van der Waals surface area contributed by atoms with E-state index in [2.05, 4.69) is 17.0 Å². The maximum absolute atomic E-state index is 12.9. The highest BCUT2D eigenvalue weighted by atomic mass is 16.5. The number of carbonyl (C=O) groups is 1. The van der Waals surface area contributed by atoms with Gasteiger partial charge < -0.3 is 14.7 Å². The van der Waals surface area contributed by atoms with Crippen LogP contribution in [0, 0.1) is 0 Å². The van der Waals surface area contributed by atoms with Crippen LogP contribution in [0.25, 0.3) is 0 Å². The van der Waals surface area contributed by atoms with E-state index in [1.807, 2.05) is 11.0 Å². The summed E-state index contributed by atoms with van der Waals surface area (Å²) in [4.78, 5) is 17.0. The van der Waals surface area contributed by atoms with Crippen molar-refractivity contribution in [2.75, 3.05) is 45.9 Å². The summed E-state index contributed by atoms with van der Waals surface area (Å²) in [5, 5.41) is 10.9. The smallest absolute Gasteiger partial charge is 0.253 e. The second-order valence-electron chi connectivity index (χ2n) is 7.78. The van der Waals surface area contributed by atoms with E-state index in [1.165, 1.54) is 24.0 Å². The molecule has 1 N–H and O–H groups in total. The average molecular weight is 344 g/mol. The Morgan fingerprint density at radius 3 is 2.68 bits per heavy atom. The number of fused-ring (bicyclic) bond motifs is 1. The van der Waals surface area contributed by atoms with Crippen LogP contribution >= 0.6 is 0 Å². The topological polar surface area (TPSA) is 53.0 Å². The fraction of sp³-hybridized carbons (Fsp3) is 0.650. The van der Waals surface area contributed by atoms with Crippen molar-refractivity contribution >= 4 is 5.91 Å². The molecule has 136 valence electrons. The normalized spacial score (nSPS) is 27.3. The molecule has 2 aliphatic heterocycles. The molecule has 0 aromatic heterocycles. The van der Waals surface area contributed by atoms with E-state index in [9.17, 15) is 9.90 Å². The Bertz CT molecular complexity index is 642. The number of morpholine rings is 1. The Morgan fingerprint density at radius 2 is 1.88 bits per heavy atom. The van der Waals surface area contributed by atoms with E-state index in [0.29, 0.717) is 26.1 Å². The third-order valence-electron chi connectivity index (χ3n) is 5.84. The molecule has 3 aliphatic rings. The van der Waals surface area contributed by atoms with Crippen molar-refractivity contribution < 1.29 is 14.6 Å². The van der Waals surface area contributed by atoms with Gasteiger partial charge in [-0.25, -0.2) is 0 Å². The summed E-state index contributed by atoms with van der Waals surface area (Å²) in [6.07, 6.45) is 5.33. The number of rotatable bonds is 3. The van der Waals surface area contributed by atoms with Crippen molar-refractivity contribution in [3.05, 3.63) is 34.9 Å². The number of nitrogens with zero attached hydrogens (tertiary/aromatic N) is 2. The molecule has 2 fully saturated rings. The molecule has 5 heteroatoms. The molecule has 25 heavy (non-hydrogen) atoms. The average Bonchev–Trinajstić information content (AvgIpc) is 3.03. The molecule has 1 unspecified atom stereocenters. The molecule has 2 heterocycles. The predicted molar refractivity (Wildman–Crippen MR) is 95.8 cm³/mol. The van der Waals surface area contributed by atoms with Crippen molar-refractivity contribution in [1.29, 1.82) is 0 Å². The van der Waals surface area contributed by atoms with Gasteiger partial charge in [0.25, 0.3) is 5.91 Å². The van der Waals surface area contributed by atoms with E-state index >= 15 is 0 Å². The van der Waals surface area contributed by atoms with Crippen molar-refractivity contribution in [3.63, 3.8) is 0 Å². The first-order valence-electron chi connectivity index (χ1n) is 9.57. The van der Waals surface area contributed by atoms with E-state index in [0.717, 1.165) is 44.7 Å². The highest BCUT2D eigenvalue weighted by Crippen LogP contribution is 2.27. The van der Waals surface area contributed by atoms with Gasteiger partial charge >= 0.3 is 0 Å². The van der Waals surface area contributed by atoms with Crippen molar-refractivity contribution in [2.24, 2.45) is 0 Å². The number of aryl methyl sites for hydroxylation is 2. The lowest BCUT2D eigenvalue weighted by atomic mass is 9.90. The van der Waals surface area contributed by atoms with Crippen LogP contribution in [0.3, 0.4) is 0 Å². The molecule has 0 bridgehead atoms. The predicted octanol–water partition coefficient (Wildman–Crippen LogP) is 1.47. The summed E-state index contributed by atoms with van der Waals surface area (Å²) in [6, 6.07) is 6.17. The number of β-amino-alcohol motifs (C(OH)–C–C–N with tert-alkyl or cyclic N) is 1. The molecule has 4 rings (SSSR count). The van der Waals surface area contributed by atoms with Crippen LogP contribution in [0.5, 0.6) is 0 Å². The van der Waals surface area contributed by atoms with E-state index in [4.69, 9.17) is 4.74 Å². The van der Waals surface area contributed by atoms with E-state index in [1.54, 1.807) is 0 Å². The Labute approximate surface area is 149 Å². The Morgan fingerprint density at radius 1 is 1.12 bits per heavy atom. The van der Waals surface area contributed by atoms with Crippen LogP contribution < -0.4 is 0 Å². The minimum atomic E-state index is -0.790. The molecule has 1 amide bonds. The lowest BCUT2D eigenvalue weighted by molar-refractivity contribution is -0.0257. The lowest BCUT2D eigenvalue weighted by Gasteiger charge is -2.33. The van der Waals surface area contributed by atoms with Gasteiger partial charge in [-0.15, -0.1) is 0 Å². The third-order valence-corrected chi connectivity index (χ3v) is 5.84. The zero-order valence-corrected chi connectivity index (χ0v) is 14.9. The Balaban J connectivity index is 1.41. The molecule has 1 aromatic carbocycles. The van der Waals surface area contributed by atoms with Crippen LogP contribution in [0.15, 0.2) is 18.2 Å². The molecule has 2 saturated heterocycles. The maximum Gasteiger partial charge on any atom is 0.253 e. The standard InChI is InChI=1S/C20H28N2O3/c23-19(18-6-5-16-3-1-2-4-17(16)13-18)22-8-7-20(24,15-22)14-21-9-11-25-12-10-21/h5-6,13,24H,1-4,7-12,14-15H2. The molecular formula is C20H28N2O3. The minimum absolute atomic E-state index is 0.0614. The number of aliphatic hydroxyl groups is 1. The van der Waals surface area contributed by atoms with Crippen LogP contribution in [0.1, 0.15) is 40.7 Å². The largest absolute Gasteiger partial charge is 0.387 e. The minimum Gasteiger partial charge on any atom is -0.387 e. The SMILES string of the molecule is O=C(c1ccc2c(c1)CCCC2)N1CCC(O)(CN2CCOCC2)C1. The van der Waals surface area contributed by atoms with Gasteiger partial charge in [0.05, 0.1) is 25.4 Å². The summed E-state index contributed by atoms with van der Waals surface area (Å²) in [7, 11) is 0. The highest BCUT2D eigenvalue weighted by Gasteiger charge is 2.40. The number of hydrogen-bond donors (Lipinski definition) is 1. The number of likely N-dealkylation sites (tertiary alicyclic amines) is 1. The fourth-order valence-electron chi connectivity index (χ4n) is 4.38. The summed E-state index contributed by atoms with van der Waals surface area (Å²) in [5.74, 6) is 0.0614. The monoisotopic (exact) mass is 344 g/mol. The van der Waals surface area contributed by atoms with E-state index in [-0.39, 0.29) is 5.91 Å². The molecule has 1 aliphatic carbocycles. The first-order chi connectivity index (χ1) is 12.1.